The van der Waals surface area contributed by atoms with Gasteiger partial charge in [0, 0.05) is 5.41 Å². The SMILES string of the molecule is CC(C)(C)CC1(c2ccc(CC(C)(C)CC3(c4ccccc4)COC3)cc2)CCC1. The van der Waals surface area contributed by atoms with Gasteiger partial charge < -0.3 is 4.74 Å². The first-order chi connectivity index (χ1) is 14.1. The first-order valence-corrected chi connectivity index (χ1v) is 11.8. The Morgan fingerprint density at radius 1 is 0.733 bits per heavy atom. The monoisotopic (exact) mass is 404 g/mol. The van der Waals surface area contributed by atoms with E-state index in [0.717, 1.165) is 19.6 Å². The lowest BCUT2D eigenvalue weighted by atomic mass is 9.58. The summed E-state index contributed by atoms with van der Waals surface area (Å²) < 4.78 is 5.70. The van der Waals surface area contributed by atoms with Crippen LogP contribution in [0, 0.1) is 10.8 Å². The molecule has 2 aliphatic rings. The number of hydrogen-bond acceptors (Lipinski definition) is 1. The molecule has 0 amide bonds. The maximum Gasteiger partial charge on any atom is 0.0585 e. The molecule has 0 unspecified atom stereocenters. The average molecular weight is 405 g/mol. The van der Waals surface area contributed by atoms with Gasteiger partial charge in [-0.1, -0.05) is 95.6 Å². The molecule has 0 aromatic heterocycles. The Morgan fingerprint density at radius 3 is 1.80 bits per heavy atom. The van der Waals surface area contributed by atoms with Gasteiger partial charge in [0.2, 0.25) is 0 Å². The molecule has 1 saturated heterocycles. The highest BCUT2D eigenvalue weighted by atomic mass is 16.5. The first kappa shape index (κ1) is 21.6. The van der Waals surface area contributed by atoms with E-state index in [9.17, 15) is 0 Å². The second kappa shape index (κ2) is 7.83. The fourth-order valence-electron chi connectivity index (χ4n) is 6.20. The van der Waals surface area contributed by atoms with E-state index < -0.39 is 0 Å². The molecule has 2 aromatic carbocycles. The highest BCUT2D eigenvalue weighted by Crippen LogP contribution is 2.51. The molecule has 1 saturated carbocycles. The number of hydrogen-bond donors (Lipinski definition) is 0. The second-order valence-electron chi connectivity index (χ2n) is 12.2. The third-order valence-corrected chi connectivity index (χ3v) is 7.39. The Balaban J connectivity index is 1.46. The summed E-state index contributed by atoms with van der Waals surface area (Å²) in [6, 6.07) is 20.7. The Labute approximate surface area is 184 Å². The Morgan fingerprint density at radius 2 is 1.33 bits per heavy atom. The molecule has 1 aliphatic heterocycles. The summed E-state index contributed by atoms with van der Waals surface area (Å²) in [4.78, 5) is 0. The van der Waals surface area contributed by atoms with Crippen LogP contribution < -0.4 is 0 Å². The zero-order chi connectivity index (χ0) is 21.5. The van der Waals surface area contributed by atoms with Crippen LogP contribution in [0.2, 0.25) is 0 Å². The van der Waals surface area contributed by atoms with Crippen molar-refractivity contribution >= 4 is 0 Å². The standard InChI is InChI=1S/C29H40O/c1-26(2,3)19-28(16-9-17-28)25-14-12-23(13-15-25)18-27(4,5)20-29(21-30-22-29)24-10-7-6-8-11-24/h6-8,10-15H,9,16-22H2,1-5H3. The molecule has 0 bridgehead atoms. The van der Waals surface area contributed by atoms with Gasteiger partial charge in [-0.3, -0.25) is 0 Å². The number of rotatable bonds is 7. The minimum atomic E-state index is 0.188. The molecule has 0 spiro atoms. The summed E-state index contributed by atoms with van der Waals surface area (Å²) in [5.41, 5.74) is 5.71. The highest BCUT2D eigenvalue weighted by molar-refractivity contribution is 5.33. The predicted molar refractivity (Wildman–Crippen MR) is 127 cm³/mol. The summed E-state index contributed by atoms with van der Waals surface area (Å²) in [7, 11) is 0. The Kier molecular flexibility index (Phi) is 5.64. The topological polar surface area (TPSA) is 9.23 Å². The molecular weight excluding hydrogens is 364 g/mol. The van der Waals surface area contributed by atoms with Crippen LogP contribution in [0.25, 0.3) is 0 Å². The maximum atomic E-state index is 5.70. The molecule has 162 valence electrons. The van der Waals surface area contributed by atoms with Gasteiger partial charge >= 0.3 is 0 Å². The normalized spacial score (nSPS) is 20.3. The highest BCUT2D eigenvalue weighted by Gasteiger charge is 2.44. The van der Waals surface area contributed by atoms with Crippen molar-refractivity contribution in [3.63, 3.8) is 0 Å². The summed E-state index contributed by atoms with van der Waals surface area (Å²) in [5, 5.41) is 0. The van der Waals surface area contributed by atoms with Gasteiger partial charge in [0.05, 0.1) is 13.2 Å². The molecule has 1 aliphatic carbocycles. The average Bonchev–Trinajstić information content (AvgIpc) is 2.62. The summed E-state index contributed by atoms with van der Waals surface area (Å²) >= 11 is 0. The summed E-state index contributed by atoms with van der Waals surface area (Å²) in [6.45, 7) is 13.7. The minimum absolute atomic E-state index is 0.188. The van der Waals surface area contributed by atoms with Crippen molar-refractivity contribution < 1.29 is 4.74 Å². The van der Waals surface area contributed by atoms with E-state index in [1.807, 2.05) is 0 Å². The Bertz CT molecular complexity index is 830. The van der Waals surface area contributed by atoms with Crippen LogP contribution in [0.4, 0.5) is 0 Å². The molecule has 30 heavy (non-hydrogen) atoms. The molecule has 2 fully saturated rings. The molecule has 0 N–H and O–H groups in total. The lowest BCUT2D eigenvalue weighted by Crippen LogP contribution is -2.49. The van der Waals surface area contributed by atoms with E-state index in [-0.39, 0.29) is 10.8 Å². The molecule has 1 heteroatoms. The lowest BCUT2D eigenvalue weighted by Gasteiger charge is -2.47. The van der Waals surface area contributed by atoms with E-state index >= 15 is 0 Å². The summed E-state index contributed by atoms with van der Waals surface area (Å²) in [6.07, 6.45) is 7.68. The van der Waals surface area contributed by atoms with E-state index in [1.165, 1.54) is 43.2 Å². The lowest BCUT2D eigenvalue weighted by molar-refractivity contribution is -0.0794. The van der Waals surface area contributed by atoms with Gasteiger partial charge in [0.1, 0.15) is 0 Å². The van der Waals surface area contributed by atoms with E-state index in [4.69, 9.17) is 4.74 Å². The molecule has 1 heterocycles. The van der Waals surface area contributed by atoms with Crippen LogP contribution in [0.15, 0.2) is 54.6 Å². The number of ether oxygens (including phenoxy) is 1. The van der Waals surface area contributed by atoms with Crippen molar-refractivity contribution in [2.24, 2.45) is 10.8 Å². The van der Waals surface area contributed by atoms with Crippen LogP contribution in [0.3, 0.4) is 0 Å². The molecule has 0 radical (unpaired) electrons. The van der Waals surface area contributed by atoms with Crippen LogP contribution >= 0.6 is 0 Å². The number of benzene rings is 2. The smallest absolute Gasteiger partial charge is 0.0585 e. The third kappa shape index (κ3) is 4.52. The van der Waals surface area contributed by atoms with E-state index in [0.29, 0.717) is 10.8 Å². The molecule has 1 nitrogen and oxygen atoms in total. The quantitative estimate of drug-likeness (QED) is 0.465. The Hall–Kier alpha value is -1.60. The van der Waals surface area contributed by atoms with E-state index in [2.05, 4.69) is 89.2 Å². The van der Waals surface area contributed by atoms with Gasteiger partial charge in [-0.05, 0) is 65.0 Å². The largest absolute Gasteiger partial charge is 0.379 e. The fraction of sp³-hybridized carbons (Fsp3) is 0.586. The summed E-state index contributed by atoms with van der Waals surface area (Å²) in [5.74, 6) is 0. The van der Waals surface area contributed by atoms with Gasteiger partial charge in [0.15, 0.2) is 0 Å². The van der Waals surface area contributed by atoms with Crippen molar-refractivity contribution in [2.75, 3.05) is 13.2 Å². The molecule has 0 atom stereocenters. The minimum Gasteiger partial charge on any atom is -0.379 e. The molecule has 2 aromatic rings. The van der Waals surface area contributed by atoms with Crippen molar-refractivity contribution in [3.8, 4) is 0 Å². The zero-order valence-corrected chi connectivity index (χ0v) is 19.8. The zero-order valence-electron chi connectivity index (χ0n) is 19.8. The fourth-order valence-corrected chi connectivity index (χ4v) is 6.20. The van der Waals surface area contributed by atoms with Gasteiger partial charge in [-0.15, -0.1) is 0 Å². The van der Waals surface area contributed by atoms with Crippen LogP contribution in [-0.2, 0) is 22.0 Å². The van der Waals surface area contributed by atoms with Crippen molar-refractivity contribution in [1.29, 1.82) is 0 Å². The van der Waals surface area contributed by atoms with Gasteiger partial charge in [0.25, 0.3) is 0 Å². The van der Waals surface area contributed by atoms with Gasteiger partial charge in [-0.2, -0.15) is 0 Å². The van der Waals surface area contributed by atoms with Crippen LogP contribution in [0.1, 0.15) is 83.4 Å². The first-order valence-electron chi connectivity index (χ1n) is 11.8. The predicted octanol–water partition coefficient (Wildman–Crippen LogP) is 7.47. The molecule has 4 rings (SSSR count). The van der Waals surface area contributed by atoms with Crippen molar-refractivity contribution in [2.45, 2.75) is 84.0 Å². The maximum absolute atomic E-state index is 5.70. The van der Waals surface area contributed by atoms with Crippen LogP contribution in [-0.4, -0.2) is 13.2 Å². The van der Waals surface area contributed by atoms with E-state index in [1.54, 1.807) is 5.56 Å². The molecular formula is C29H40O. The van der Waals surface area contributed by atoms with Crippen molar-refractivity contribution in [3.05, 3.63) is 71.3 Å². The third-order valence-electron chi connectivity index (χ3n) is 7.39. The van der Waals surface area contributed by atoms with Crippen LogP contribution in [0.5, 0.6) is 0 Å². The van der Waals surface area contributed by atoms with Gasteiger partial charge in [-0.25, -0.2) is 0 Å². The second-order valence-corrected chi connectivity index (χ2v) is 12.2. The van der Waals surface area contributed by atoms with Crippen molar-refractivity contribution in [1.82, 2.24) is 0 Å².